The maximum Gasteiger partial charge on any atom is 0.295 e. The van der Waals surface area contributed by atoms with Gasteiger partial charge >= 0.3 is 0 Å². The Kier molecular flexibility index (Phi) is 8.31. The molecule has 2 aromatic rings. The zero-order valence-corrected chi connectivity index (χ0v) is 19.3. The van der Waals surface area contributed by atoms with Crippen LogP contribution in [0.25, 0.3) is 0 Å². The first kappa shape index (κ1) is 24.5. The van der Waals surface area contributed by atoms with Gasteiger partial charge in [0.25, 0.3) is 5.69 Å². The van der Waals surface area contributed by atoms with Crippen LogP contribution in [0.4, 0.5) is 11.4 Å². The van der Waals surface area contributed by atoms with Crippen molar-refractivity contribution in [2.75, 3.05) is 32.2 Å². The van der Waals surface area contributed by atoms with Crippen LogP contribution < -0.4 is 5.43 Å². The molecule has 0 unspecified atom stereocenters. The van der Waals surface area contributed by atoms with Gasteiger partial charge in [-0.25, -0.2) is 8.42 Å². The maximum atomic E-state index is 12.7. The molecule has 0 bridgehead atoms. The van der Waals surface area contributed by atoms with Crippen molar-refractivity contribution in [3.8, 4) is 0 Å². The summed E-state index contributed by atoms with van der Waals surface area (Å²) >= 11 is 0. The summed E-state index contributed by atoms with van der Waals surface area (Å²) in [4.78, 5) is 10.8. The molecule has 10 nitrogen and oxygen atoms in total. The summed E-state index contributed by atoms with van der Waals surface area (Å²) in [5, 5.41) is 15.7. The van der Waals surface area contributed by atoms with E-state index in [-0.39, 0.29) is 29.4 Å². The van der Waals surface area contributed by atoms with Crippen molar-refractivity contribution in [3.63, 3.8) is 0 Å². The number of nitrogens with zero attached hydrogens (tertiary/aromatic N) is 4. The molecule has 1 aromatic carbocycles. The number of benzene rings is 1. The summed E-state index contributed by atoms with van der Waals surface area (Å²) in [7, 11) is -2.16. The van der Waals surface area contributed by atoms with E-state index >= 15 is 0 Å². The second kappa shape index (κ2) is 10.5. The molecular formula is C20H29N5O5S. The van der Waals surface area contributed by atoms with Gasteiger partial charge in [-0.2, -0.15) is 9.41 Å². The van der Waals surface area contributed by atoms with Gasteiger partial charge in [-0.1, -0.05) is 13.8 Å². The molecule has 0 radical (unpaired) electrons. The highest BCUT2D eigenvalue weighted by Gasteiger charge is 2.25. The van der Waals surface area contributed by atoms with Gasteiger partial charge in [-0.05, 0) is 32.0 Å². The lowest BCUT2D eigenvalue weighted by atomic mass is 10.2. The third-order valence-electron chi connectivity index (χ3n) is 5.03. The first-order chi connectivity index (χ1) is 14.7. The number of nitrogens with one attached hydrogen (secondary N) is 1. The fourth-order valence-corrected chi connectivity index (χ4v) is 4.77. The Morgan fingerprint density at radius 3 is 2.52 bits per heavy atom. The van der Waals surface area contributed by atoms with E-state index in [2.05, 4.69) is 15.1 Å². The Bertz CT molecular complexity index is 1060. The average molecular weight is 452 g/mol. The fraction of sp³-hybridized carbons (Fsp3) is 0.450. The Labute approximate surface area is 182 Å². The molecule has 0 saturated carbocycles. The van der Waals surface area contributed by atoms with Crippen molar-refractivity contribution in [3.05, 3.63) is 51.3 Å². The second-order valence-corrected chi connectivity index (χ2v) is 8.80. The molecule has 0 fully saturated rings. The molecule has 1 N–H and O–H groups in total. The number of aromatic nitrogens is 1. The number of nitro benzene ring substituents is 1. The molecule has 170 valence electrons. The third-order valence-corrected chi connectivity index (χ3v) is 7.08. The SMILES string of the molecule is CCN(CC)S(=O)(=O)c1ccc(NN=Cc2cc(C)n(CCOC)c2C)c([N+](=O)[O-])c1. The normalized spacial score (nSPS) is 12.1. The second-order valence-electron chi connectivity index (χ2n) is 6.87. The van der Waals surface area contributed by atoms with E-state index < -0.39 is 14.9 Å². The molecule has 0 saturated heterocycles. The Morgan fingerprint density at radius 1 is 1.26 bits per heavy atom. The van der Waals surface area contributed by atoms with Crippen LogP contribution in [0.5, 0.6) is 0 Å². The molecular weight excluding hydrogens is 422 g/mol. The van der Waals surface area contributed by atoms with Crippen molar-refractivity contribution >= 4 is 27.6 Å². The molecule has 0 spiro atoms. The number of methoxy groups -OCH3 is 1. The summed E-state index contributed by atoms with van der Waals surface area (Å²) < 4.78 is 33.8. The molecule has 1 aromatic heterocycles. The number of rotatable bonds is 11. The number of hydrazone groups is 1. The lowest BCUT2D eigenvalue weighted by Crippen LogP contribution is -2.30. The predicted molar refractivity (Wildman–Crippen MR) is 120 cm³/mol. The summed E-state index contributed by atoms with van der Waals surface area (Å²) in [6, 6.07) is 5.72. The van der Waals surface area contributed by atoms with Crippen molar-refractivity contribution in [1.29, 1.82) is 0 Å². The van der Waals surface area contributed by atoms with Gasteiger partial charge in [0.15, 0.2) is 0 Å². The van der Waals surface area contributed by atoms with Crippen LogP contribution >= 0.6 is 0 Å². The van der Waals surface area contributed by atoms with E-state index in [4.69, 9.17) is 4.74 Å². The van der Waals surface area contributed by atoms with E-state index in [1.165, 1.54) is 16.4 Å². The number of sulfonamides is 1. The predicted octanol–water partition coefficient (Wildman–Crippen LogP) is 3.14. The molecule has 0 amide bonds. The van der Waals surface area contributed by atoms with E-state index in [1.54, 1.807) is 27.2 Å². The fourth-order valence-electron chi connectivity index (χ4n) is 3.29. The van der Waals surface area contributed by atoms with Crippen LogP contribution in [-0.2, 0) is 21.3 Å². The number of hydrogen-bond donors (Lipinski definition) is 1. The number of anilines is 1. The van der Waals surface area contributed by atoms with Crippen molar-refractivity contribution < 1.29 is 18.1 Å². The van der Waals surface area contributed by atoms with E-state index in [1.807, 2.05) is 19.9 Å². The third kappa shape index (κ3) is 5.49. The Hall–Kier alpha value is -2.76. The molecule has 0 aliphatic rings. The minimum Gasteiger partial charge on any atom is -0.383 e. The molecule has 0 aliphatic carbocycles. The molecule has 11 heteroatoms. The van der Waals surface area contributed by atoms with Gasteiger partial charge in [0, 0.05) is 49.8 Å². The maximum absolute atomic E-state index is 12.7. The van der Waals surface area contributed by atoms with Crippen LogP contribution in [0.2, 0.25) is 0 Å². The molecule has 1 heterocycles. The molecule has 31 heavy (non-hydrogen) atoms. The van der Waals surface area contributed by atoms with Gasteiger partial charge in [-0.3, -0.25) is 15.5 Å². The number of hydrogen-bond acceptors (Lipinski definition) is 7. The van der Waals surface area contributed by atoms with Gasteiger partial charge < -0.3 is 9.30 Å². The van der Waals surface area contributed by atoms with Crippen LogP contribution in [0.1, 0.15) is 30.8 Å². The van der Waals surface area contributed by atoms with E-state index in [0.717, 1.165) is 23.0 Å². The molecule has 0 atom stereocenters. The van der Waals surface area contributed by atoms with Crippen LogP contribution in [0, 0.1) is 24.0 Å². The van der Waals surface area contributed by atoms with Gasteiger partial charge in [0.1, 0.15) is 5.69 Å². The zero-order chi connectivity index (χ0) is 23.2. The smallest absolute Gasteiger partial charge is 0.295 e. The summed E-state index contributed by atoms with van der Waals surface area (Å²) in [6.07, 6.45) is 1.58. The van der Waals surface area contributed by atoms with Gasteiger partial charge in [0.05, 0.1) is 22.6 Å². The summed E-state index contributed by atoms with van der Waals surface area (Å²) in [5.74, 6) is 0. The largest absolute Gasteiger partial charge is 0.383 e. The number of ether oxygens (including phenoxy) is 1. The average Bonchev–Trinajstić information content (AvgIpc) is 2.99. The highest BCUT2D eigenvalue weighted by Crippen LogP contribution is 2.29. The quantitative estimate of drug-likeness (QED) is 0.318. The summed E-state index contributed by atoms with van der Waals surface area (Å²) in [6.45, 7) is 9.22. The minimum absolute atomic E-state index is 0.105. The topological polar surface area (TPSA) is 119 Å². The highest BCUT2D eigenvalue weighted by atomic mass is 32.2. The first-order valence-electron chi connectivity index (χ1n) is 9.90. The Morgan fingerprint density at radius 2 is 1.94 bits per heavy atom. The van der Waals surface area contributed by atoms with Gasteiger partial charge in [-0.15, -0.1) is 0 Å². The van der Waals surface area contributed by atoms with E-state index in [0.29, 0.717) is 13.2 Å². The van der Waals surface area contributed by atoms with E-state index in [9.17, 15) is 18.5 Å². The number of nitro groups is 1. The summed E-state index contributed by atoms with van der Waals surface area (Å²) in [5.41, 5.74) is 5.31. The highest BCUT2D eigenvalue weighted by molar-refractivity contribution is 7.89. The van der Waals surface area contributed by atoms with Crippen LogP contribution in [0.15, 0.2) is 34.3 Å². The van der Waals surface area contributed by atoms with Crippen LogP contribution in [0.3, 0.4) is 0 Å². The van der Waals surface area contributed by atoms with Crippen molar-refractivity contribution in [1.82, 2.24) is 8.87 Å². The van der Waals surface area contributed by atoms with Crippen molar-refractivity contribution in [2.24, 2.45) is 5.10 Å². The molecule has 0 aliphatic heterocycles. The number of aryl methyl sites for hydroxylation is 1. The lowest BCUT2D eigenvalue weighted by Gasteiger charge is -2.18. The van der Waals surface area contributed by atoms with Gasteiger partial charge in [0.2, 0.25) is 10.0 Å². The monoisotopic (exact) mass is 451 g/mol. The zero-order valence-electron chi connectivity index (χ0n) is 18.5. The standard InChI is InChI=1S/C20H29N5O5S/c1-6-23(7-2)31(28,29)18-8-9-19(20(13-18)25(26)27)22-21-14-17-12-15(3)24(16(17)4)10-11-30-5/h8-9,12-14,22H,6-7,10-11H2,1-5H3. The van der Waals surface area contributed by atoms with Crippen LogP contribution in [-0.4, -0.2) is 55.2 Å². The lowest BCUT2D eigenvalue weighted by molar-refractivity contribution is -0.384. The first-order valence-corrected chi connectivity index (χ1v) is 11.3. The van der Waals surface area contributed by atoms with Crippen molar-refractivity contribution in [2.45, 2.75) is 39.1 Å². The Balaban J connectivity index is 2.29. The minimum atomic E-state index is -3.80. The molecule has 2 rings (SSSR count).